The van der Waals surface area contributed by atoms with Gasteiger partial charge in [0.1, 0.15) is 13.2 Å². The standard InChI is InChI=1S/C75H128O6/c1-4-7-10-13-16-19-22-25-28-30-31-32-33-34-35-36-37-38-39-40-41-42-43-45-47-50-53-56-59-62-65-68-74(77)80-71-72(70-79-73(76)67-64-61-58-55-52-49-46-27-24-21-18-15-12-9-6-3)81-75(78)69-66-63-60-57-54-51-48-44-29-26-23-20-17-14-11-8-5-2/h7,10,16,19,25,27-28,31-32,34-35,37-38,40-41,43,45-46,72H,4-6,8-9,11-15,17-18,20-24,26,29-30,33,36,39,42,44,47-71H2,1-3H3/b10-7-,19-16-,28-25-,32-31-,35-34-,38-37-,41-40-,45-43-,46-27-. The molecule has 0 aliphatic carbocycles. The summed E-state index contributed by atoms with van der Waals surface area (Å²) in [6.07, 6.45) is 93.8. The normalized spacial score (nSPS) is 12.8. The van der Waals surface area contributed by atoms with Gasteiger partial charge in [-0.05, 0) is 109 Å². The third kappa shape index (κ3) is 66.8. The third-order valence-electron chi connectivity index (χ3n) is 14.8. The van der Waals surface area contributed by atoms with E-state index in [9.17, 15) is 14.4 Å². The van der Waals surface area contributed by atoms with Gasteiger partial charge in [0.25, 0.3) is 0 Å². The summed E-state index contributed by atoms with van der Waals surface area (Å²) in [5, 5.41) is 0. The van der Waals surface area contributed by atoms with Crippen LogP contribution in [0.5, 0.6) is 0 Å². The van der Waals surface area contributed by atoms with E-state index in [1.54, 1.807) is 0 Å². The fourth-order valence-corrected chi connectivity index (χ4v) is 9.63. The van der Waals surface area contributed by atoms with E-state index in [0.29, 0.717) is 19.3 Å². The fraction of sp³-hybridized carbons (Fsp3) is 0.720. The van der Waals surface area contributed by atoms with Gasteiger partial charge in [-0.1, -0.05) is 310 Å². The Balaban J connectivity index is 4.34. The molecule has 464 valence electrons. The van der Waals surface area contributed by atoms with Crippen LogP contribution in [0.4, 0.5) is 0 Å². The number of allylic oxidation sites excluding steroid dienone is 18. The highest BCUT2D eigenvalue weighted by Crippen LogP contribution is 2.17. The lowest BCUT2D eigenvalue weighted by molar-refractivity contribution is -0.167. The summed E-state index contributed by atoms with van der Waals surface area (Å²) in [7, 11) is 0. The van der Waals surface area contributed by atoms with E-state index in [-0.39, 0.29) is 31.1 Å². The highest BCUT2D eigenvalue weighted by Gasteiger charge is 2.19. The van der Waals surface area contributed by atoms with E-state index in [4.69, 9.17) is 14.2 Å². The first-order chi connectivity index (χ1) is 40.0. The van der Waals surface area contributed by atoms with Gasteiger partial charge >= 0.3 is 17.9 Å². The van der Waals surface area contributed by atoms with Crippen molar-refractivity contribution >= 4 is 17.9 Å². The first-order valence-corrected chi connectivity index (χ1v) is 34.4. The van der Waals surface area contributed by atoms with Crippen molar-refractivity contribution in [3.63, 3.8) is 0 Å². The number of hydrogen-bond donors (Lipinski definition) is 0. The Kier molecular flexibility index (Phi) is 65.2. The molecule has 0 aromatic heterocycles. The molecule has 0 heterocycles. The van der Waals surface area contributed by atoms with Crippen molar-refractivity contribution in [3.8, 4) is 0 Å². The maximum Gasteiger partial charge on any atom is 0.306 e. The predicted octanol–water partition coefficient (Wildman–Crippen LogP) is 23.8. The van der Waals surface area contributed by atoms with Crippen LogP contribution in [0.1, 0.15) is 329 Å². The Morgan fingerprint density at radius 3 is 0.765 bits per heavy atom. The summed E-state index contributed by atoms with van der Waals surface area (Å²) >= 11 is 0. The molecule has 6 nitrogen and oxygen atoms in total. The molecule has 1 atom stereocenters. The molecule has 0 radical (unpaired) electrons. The molecule has 0 saturated heterocycles. The topological polar surface area (TPSA) is 78.9 Å². The summed E-state index contributed by atoms with van der Waals surface area (Å²) in [6, 6.07) is 0. The quantitative estimate of drug-likeness (QED) is 0.0261. The molecule has 0 bridgehead atoms. The van der Waals surface area contributed by atoms with Crippen LogP contribution in [-0.4, -0.2) is 37.2 Å². The molecular weight excluding hydrogens is 997 g/mol. The zero-order valence-electron chi connectivity index (χ0n) is 53.3. The van der Waals surface area contributed by atoms with Crippen molar-refractivity contribution in [2.45, 2.75) is 335 Å². The van der Waals surface area contributed by atoms with Crippen LogP contribution in [0.15, 0.2) is 109 Å². The second-order valence-corrected chi connectivity index (χ2v) is 22.7. The Morgan fingerprint density at radius 2 is 0.481 bits per heavy atom. The Bertz CT molecular complexity index is 1620. The van der Waals surface area contributed by atoms with Gasteiger partial charge in [-0.25, -0.2) is 0 Å². The number of carbonyl (C=O) groups is 3. The molecule has 0 rings (SSSR count). The van der Waals surface area contributed by atoms with Crippen molar-refractivity contribution < 1.29 is 28.6 Å². The highest BCUT2D eigenvalue weighted by molar-refractivity contribution is 5.71. The van der Waals surface area contributed by atoms with Crippen LogP contribution >= 0.6 is 0 Å². The van der Waals surface area contributed by atoms with Crippen LogP contribution in [0.25, 0.3) is 0 Å². The molecule has 0 aromatic rings. The van der Waals surface area contributed by atoms with Crippen molar-refractivity contribution in [2.24, 2.45) is 0 Å². The summed E-state index contributed by atoms with van der Waals surface area (Å²) < 4.78 is 17.0. The first kappa shape index (κ1) is 77.1. The van der Waals surface area contributed by atoms with Crippen LogP contribution in [0.3, 0.4) is 0 Å². The Labute approximate surface area is 501 Å². The lowest BCUT2D eigenvalue weighted by atomic mass is 10.0. The maximum absolute atomic E-state index is 12.9. The van der Waals surface area contributed by atoms with Crippen LogP contribution in [-0.2, 0) is 28.6 Å². The molecule has 0 spiro atoms. The van der Waals surface area contributed by atoms with Crippen molar-refractivity contribution in [1.29, 1.82) is 0 Å². The summed E-state index contributed by atoms with van der Waals surface area (Å²) in [6.45, 7) is 6.54. The second kappa shape index (κ2) is 68.6. The zero-order chi connectivity index (χ0) is 58.5. The minimum absolute atomic E-state index is 0.0844. The van der Waals surface area contributed by atoms with E-state index >= 15 is 0 Å². The van der Waals surface area contributed by atoms with E-state index in [2.05, 4.69) is 130 Å². The molecule has 0 fully saturated rings. The number of carbonyl (C=O) groups excluding carboxylic acids is 3. The molecule has 0 amide bonds. The lowest BCUT2D eigenvalue weighted by Crippen LogP contribution is -2.30. The van der Waals surface area contributed by atoms with Gasteiger partial charge in [-0.3, -0.25) is 14.4 Å². The number of hydrogen-bond acceptors (Lipinski definition) is 6. The van der Waals surface area contributed by atoms with Gasteiger partial charge in [-0.15, -0.1) is 0 Å². The van der Waals surface area contributed by atoms with E-state index in [1.165, 1.54) is 161 Å². The number of unbranched alkanes of at least 4 members (excludes halogenated alkanes) is 33. The third-order valence-corrected chi connectivity index (χ3v) is 14.8. The molecule has 81 heavy (non-hydrogen) atoms. The Morgan fingerprint density at radius 1 is 0.259 bits per heavy atom. The first-order valence-electron chi connectivity index (χ1n) is 34.4. The van der Waals surface area contributed by atoms with Crippen LogP contribution in [0.2, 0.25) is 0 Å². The van der Waals surface area contributed by atoms with Gasteiger partial charge in [0.2, 0.25) is 0 Å². The van der Waals surface area contributed by atoms with Gasteiger partial charge in [0, 0.05) is 19.3 Å². The average Bonchev–Trinajstić information content (AvgIpc) is 3.47. The number of rotatable bonds is 62. The van der Waals surface area contributed by atoms with Crippen molar-refractivity contribution in [2.75, 3.05) is 13.2 Å². The summed E-state index contributed by atoms with van der Waals surface area (Å²) in [4.78, 5) is 38.4. The largest absolute Gasteiger partial charge is 0.462 e. The molecule has 1 unspecified atom stereocenters. The van der Waals surface area contributed by atoms with Gasteiger partial charge < -0.3 is 14.2 Å². The monoisotopic (exact) mass is 1120 g/mol. The molecule has 6 heteroatoms. The van der Waals surface area contributed by atoms with E-state index in [1.807, 2.05) is 0 Å². The molecule has 0 aliphatic rings. The molecule has 0 aliphatic heterocycles. The number of esters is 3. The maximum atomic E-state index is 12.9. The fourth-order valence-electron chi connectivity index (χ4n) is 9.63. The molecule has 0 N–H and O–H groups in total. The minimum atomic E-state index is -0.788. The van der Waals surface area contributed by atoms with E-state index in [0.717, 1.165) is 128 Å². The number of ether oxygens (including phenoxy) is 3. The summed E-state index contributed by atoms with van der Waals surface area (Å²) in [5.74, 6) is -0.893. The average molecular weight is 1130 g/mol. The van der Waals surface area contributed by atoms with Gasteiger partial charge in [0.05, 0.1) is 0 Å². The van der Waals surface area contributed by atoms with Gasteiger partial charge in [-0.2, -0.15) is 0 Å². The zero-order valence-corrected chi connectivity index (χ0v) is 53.3. The van der Waals surface area contributed by atoms with Gasteiger partial charge in [0.15, 0.2) is 6.10 Å². The van der Waals surface area contributed by atoms with Crippen molar-refractivity contribution in [3.05, 3.63) is 109 Å². The highest BCUT2D eigenvalue weighted by atomic mass is 16.6. The van der Waals surface area contributed by atoms with E-state index < -0.39 is 6.10 Å². The Hall–Kier alpha value is -3.93. The second-order valence-electron chi connectivity index (χ2n) is 22.7. The predicted molar refractivity (Wildman–Crippen MR) is 353 cm³/mol. The van der Waals surface area contributed by atoms with Crippen molar-refractivity contribution in [1.82, 2.24) is 0 Å². The van der Waals surface area contributed by atoms with Crippen LogP contribution < -0.4 is 0 Å². The smallest absolute Gasteiger partial charge is 0.306 e. The minimum Gasteiger partial charge on any atom is -0.462 e. The molecular formula is C75H128O6. The van der Waals surface area contributed by atoms with Crippen LogP contribution in [0, 0.1) is 0 Å². The SMILES string of the molecule is CC/C=C\C/C=C\C/C=C\C/C=C\C/C=C\C/C=C\C/C=C\C/C=C\CCCCCCCCC(=O)OCC(COC(=O)CCCCCCC/C=C\CCCCCCCC)OC(=O)CCCCCCCCCCCCCCCCCCC. The lowest BCUT2D eigenvalue weighted by Gasteiger charge is -2.18. The molecule has 0 aromatic carbocycles. The molecule has 0 saturated carbocycles. The summed E-state index contributed by atoms with van der Waals surface area (Å²) in [5.41, 5.74) is 0.